The third-order valence-corrected chi connectivity index (χ3v) is 6.08. The van der Waals surface area contributed by atoms with Gasteiger partial charge in [0.15, 0.2) is 0 Å². The van der Waals surface area contributed by atoms with Gasteiger partial charge in [-0.05, 0) is 66.1 Å². The van der Waals surface area contributed by atoms with Crippen molar-refractivity contribution in [3.05, 3.63) is 113 Å². The molecule has 0 aliphatic carbocycles. The molecule has 3 aromatic carbocycles. The van der Waals surface area contributed by atoms with Crippen molar-refractivity contribution in [3.8, 4) is 11.4 Å². The number of aromatic nitrogens is 1. The minimum Gasteiger partial charge on any atom is -0.497 e. The Morgan fingerprint density at radius 3 is 2.58 bits per heavy atom. The van der Waals surface area contributed by atoms with Crippen LogP contribution in [0.25, 0.3) is 5.69 Å². The minimum atomic E-state index is -0.353. The summed E-state index contributed by atoms with van der Waals surface area (Å²) in [6, 6.07) is 23.9. The van der Waals surface area contributed by atoms with Crippen molar-refractivity contribution in [1.29, 1.82) is 0 Å². The van der Waals surface area contributed by atoms with Crippen LogP contribution in [0.3, 0.4) is 0 Å². The largest absolute Gasteiger partial charge is 0.497 e. The number of methoxy groups -OCH3 is 1. The predicted molar refractivity (Wildman–Crippen MR) is 126 cm³/mol. The van der Waals surface area contributed by atoms with E-state index >= 15 is 0 Å². The first-order valence-electron chi connectivity index (χ1n) is 10.8. The molecule has 2 heterocycles. The van der Waals surface area contributed by atoms with Crippen LogP contribution < -0.4 is 10.1 Å². The molecular formula is C27H24FN3O2. The van der Waals surface area contributed by atoms with Crippen molar-refractivity contribution in [1.82, 2.24) is 9.47 Å². The zero-order chi connectivity index (χ0) is 22.9. The Bertz CT molecular complexity index is 1310. The Morgan fingerprint density at radius 1 is 1.03 bits per heavy atom. The third kappa shape index (κ3) is 3.84. The van der Waals surface area contributed by atoms with Crippen molar-refractivity contribution < 1.29 is 13.9 Å². The van der Waals surface area contributed by atoms with Gasteiger partial charge in [-0.2, -0.15) is 0 Å². The van der Waals surface area contributed by atoms with Gasteiger partial charge in [0.1, 0.15) is 11.6 Å². The van der Waals surface area contributed by atoms with Crippen LogP contribution in [-0.4, -0.2) is 22.6 Å². The number of nitrogens with zero attached hydrogens (tertiary/aromatic N) is 2. The summed E-state index contributed by atoms with van der Waals surface area (Å²) < 4.78 is 21.6. The summed E-state index contributed by atoms with van der Waals surface area (Å²) in [5.74, 6) is 0.395. The minimum absolute atomic E-state index is 0.302. The third-order valence-electron chi connectivity index (χ3n) is 6.08. The number of fused-ring (bicyclic) bond motifs is 3. The van der Waals surface area contributed by atoms with E-state index in [4.69, 9.17) is 4.74 Å². The topological polar surface area (TPSA) is 46.5 Å². The maximum atomic E-state index is 14.1. The van der Waals surface area contributed by atoms with Gasteiger partial charge < -0.3 is 19.5 Å². The first-order chi connectivity index (χ1) is 16.0. The van der Waals surface area contributed by atoms with Crippen LogP contribution >= 0.6 is 0 Å². The molecule has 1 aliphatic rings. The second kappa shape index (κ2) is 8.47. The number of hydrogen-bond acceptors (Lipinski definition) is 2. The van der Waals surface area contributed by atoms with Crippen LogP contribution in [-0.2, 0) is 6.54 Å². The number of halogens is 1. The van der Waals surface area contributed by atoms with Crippen LogP contribution in [0.1, 0.15) is 28.4 Å². The van der Waals surface area contributed by atoms with Crippen LogP contribution in [0, 0.1) is 12.7 Å². The van der Waals surface area contributed by atoms with Crippen LogP contribution in [0.4, 0.5) is 14.9 Å². The van der Waals surface area contributed by atoms with Gasteiger partial charge in [-0.3, -0.25) is 0 Å². The highest BCUT2D eigenvalue weighted by Crippen LogP contribution is 2.37. The number of anilines is 1. The number of para-hydroxylation sites is 1. The van der Waals surface area contributed by atoms with Crippen LogP contribution in [0.2, 0.25) is 0 Å². The van der Waals surface area contributed by atoms with Crippen molar-refractivity contribution in [2.24, 2.45) is 0 Å². The molecule has 5 nitrogen and oxygen atoms in total. The number of rotatable bonds is 3. The monoisotopic (exact) mass is 441 g/mol. The van der Waals surface area contributed by atoms with Crippen molar-refractivity contribution in [2.75, 3.05) is 12.4 Å². The second-order valence-corrected chi connectivity index (χ2v) is 8.13. The van der Waals surface area contributed by atoms with E-state index in [9.17, 15) is 9.18 Å². The summed E-state index contributed by atoms with van der Waals surface area (Å²) in [6.07, 6.45) is 2.02. The van der Waals surface area contributed by atoms with E-state index < -0.39 is 0 Å². The number of aryl methyl sites for hydroxylation is 1. The summed E-state index contributed by atoms with van der Waals surface area (Å²) in [5.41, 5.74) is 4.93. The molecule has 1 N–H and O–H groups in total. The molecule has 0 fully saturated rings. The summed E-state index contributed by atoms with van der Waals surface area (Å²) in [5, 5.41) is 2.90. The molecule has 0 spiro atoms. The normalized spacial score (nSPS) is 14.8. The van der Waals surface area contributed by atoms with Crippen molar-refractivity contribution in [2.45, 2.75) is 19.5 Å². The van der Waals surface area contributed by atoms with Gasteiger partial charge in [-0.1, -0.05) is 36.4 Å². The highest BCUT2D eigenvalue weighted by Gasteiger charge is 2.33. The molecule has 0 saturated carbocycles. The van der Waals surface area contributed by atoms with Crippen LogP contribution in [0.5, 0.6) is 5.75 Å². The lowest BCUT2D eigenvalue weighted by atomic mass is 10.0. The summed E-state index contributed by atoms with van der Waals surface area (Å²) >= 11 is 0. The number of hydrogen-bond donors (Lipinski definition) is 1. The Hall–Kier alpha value is -4.06. The van der Waals surface area contributed by atoms with Gasteiger partial charge >= 0.3 is 6.03 Å². The highest BCUT2D eigenvalue weighted by atomic mass is 19.1. The molecule has 166 valence electrons. The molecule has 1 aromatic heterocycles. The first-order valence-corrected chi connectivity index (χ1v) is 10.8. The molecule has 4 aromatic rings. The maximum Gasteiger partial charge on any atom is 0.322 e. The van der Waals surface area contributed by atoms with Gasteiger partial charge in [0, 0.05) is 17.6 Å². The van der Waals surface area contributed by atoms with Gasteiger partial charge in [0.25, 0.3) is 0 Å². The highest BCUT2D eigenvalue weighted by molar-refractivity contribution is 5.90. The molecule has 33 heavy (non-hydrogen) atoms. The second-order valence-electron chi connectivity index (χ2n) is 8.13. The standard InChI is InChI=1S/C27H24FN3O2/c1-18-9-12-21(16-23(18)28)29-27(32)31-17-20-6-3-4-7-24(20)30-15-5-8-25(30)26(31)19-10-13-22(33-2)14-11-19/h3-16,26H,17H2,1-2H3,(H,29,32). The summed E-state index contributed by atoms with van der Waals surface area (Å²) in [6.45, 7) is 2.09. The Morgan fingerprint density at radius 2 is 1.82 bits per heavy atom. The van der Waals surface area contributed by atoms with Gasteiger partial charge in [-0.15, -0.1) is 0 Å². The molecule has 5 rings (SSSR count). The molecule has 1 aliphatic heterocycles. The summed E-state index contributed by atoms with van der Waals surface area (Å²) in [7, 11) is 1.63. The quantitative estimate of drug-likeness (QED) is 0.419. The lowest BCUT2D eigenvalue weighted by Crippen LogP contribution is -2.37. The van der Waals surface area contributed by atoms with E-state index in [2.05, 4.69) is 16.0 Å². The van der Waals surface area contributed by atoms with Crippen molar-refractivity contribution >= 4 is 11.7 Å². The lowest BCUT2D eigenvalue weighted by Gasteiger charge is -2.31. The number of carbonyl (C=O) groups excluding carboxylic acids is 1. The SMILES string of the molecule is COc1ccc(C2c3cccn3-c3ccccc3CN2C(=O)Nc2ccc(C)c(F)c2)cc1. The number of urea groups is 1. The number of nitrogens with one attached hydrogen (secondary N) is 1. The van der Waals surface area contributed by atoms with Gasteiger partial charge in [-0.25, -0.2) is 9.18 Å². The zero-order valence-corrected chi connectivity index (χ0v) is 18.5. The zero-order valence-electron chi connectivity index (χ0n) is 18.5. The van der Waals surface area contributed by atoms with E-state index in [1.54, 1.807) is 31.1 Å². The van der Waals surface area contributed by atoms with Gasteiger partial charge in [0.2, 0.25) is 0 Å². The molecule has 1 unspecified atom stereocenters. The van der Waals surface area contributed by atoms with Crippen LogP contribution in [0.15, 0.2) is 85.1 Å². The average molecular weight is 442 g/mol. The Balaban J connectivity index is 1.61. The lowest BCUT2D eigenvalue weighted by molar-refractivity contribution is 0.194. The molecule has 6 heteroatoms. The summed E-state index contributed by atoms with van der Waals surface area (Å²) in [4.78, 5) is 15.4. The van der Waals surface area contributed by atoms with E-state index in [0.717, 1.165) is 28.3 Å². The molecule has 0 radical (unpaired) electrons. The first kappa shape index (κ1) is 20.8. The fourth-order valence-electron chi connectivity index (χ4n) is 4.34. The fraction of sp³-hybridized carbons (Fsp3) is 0.148. The maximum absolute atomic E-state index is 14.1. The van der Waals surface area contributed by atoms with E-state index in [1.165, 1.54) is 6.07 Å². The number of amides is 2. The average Bonchev–Trinajstić information content (AvgIpc) is 3.26. The van der Waals surface area contributed by atoms with Crippen molar-refractivity contribution in [3.63, 3.8) is 0 Å². The number of benzene rings is 3. The molecular weight excluding hydrogens is 417 g/mol. The molecule has 2 amide bonds. The van der Waals surface area contributed by atoms with E-state index in [-0.39, 0.29) is 17.9 Å². The number of ether oxygens (including phenoxy) is 1. The molecule has 0 saturated heterocycles. The fourth-order valence-corrected chi connectivity index (χ4v) is 4.34. The number of carbonyl (C=O) groups is 1. The molecule has 1 atom stereocenters. The van der Waals surface area contributed by atoms with E-state index in [1.807, 2.05) is 60.8 Å². The Labute approximate surface area is 192 Å². The molecule has 0 bridgehead atoms. The Kier molecular flexibility index (Phi) is 5.34. The van der Waals surface area contributed by atoms with E-state index in [0.29, 0.717) is 17.8 Å². The predicted octanol–water partition coefficient (Wildman–Crippen LogP) is 6.07. The smallest absolute Gasteiger partial charge is 0.322 e. The van der Waals surface area contributed by atoms with Gasteiger partial charge in [0.05, 0.1) is 25.4 Å².